The van der Waals surface area contributed by atoms with E-state index in [0.29, 0.717) is 6.54 Å². The maximum absolute atomic E-state index is 10.6. The van der Waals surface area contributed by atoms with Crippen LogP contribution in [0, 0.1) is 0 Å². The Kier molecular flexibility index (Phi) is 6.70. The minimum Gasteiger partial charge on any atom is -0.410 e. The second-order valence-electron chi connectivity index (χ2n) is 5.53. The molecule has 17 heavy (non-hydrogen) atoms. The van der Waals surface area contributed by atoms with E-state index in [0.717, 1.165) is 38.5 Å². The third-order valence-electron chi connectivity index (χ3n) is 4.23. The van der Waals surface area contributed by atoms with E-state index in [-0.39, 0.29) is 11.1 Å². The normalized spacial score (nSPS) is 20.5. The minimum absolute atomic E-state index is 0.0931. The summed E-state index contributed by atoms with van der Waals surface area (Å²) in [4.78, 5) is 21.2. The van der Waals surface area contributed by atoms with E-state index < -0.39 is 8.56 Å². The van der Waals surface area contributed by atoms with Crippen LogP contribution in [0.5, 0.6) is 0 Å². The molecule has 0 bridgehead atoms. The van der Waals surface area contributed by atoms with Gasteiger partial charge in [-0.05, 0) is 32.2 Å². The number of rotatable bonds is 7. The molecule has 1 rings (SSSR count). The van der Waals surface area contributed by atoms with E-state index in [9.17, 15) is 9.59 Å². The van der Waals surface area contributed by atoms with Crippen molar-refractivity contribution in [2.24, 2.45) is 5.73 Å². The van der Waals surface area contributed by atoms with Crippen molar-refractivity contribution in [3.63, 3.8) is 0 Å². The van der Waals surface area contributed by atoms with Gasteiger partial charge in [0.15, 0.2) is 0 Å². The third kappa shape index (κ3) is 4.36. The number of unbranched alkanes of at least 4 members (excludes halogenated alkanes) is 1. The standard InChI is InChI=1S/C13H29NO2Si/c1-2-3-7-13(10-11-14)17(15,16)12-8-5-4-6-9-12/h12-13,15-16H,2-11,14H2,1H3. The summed E-state index contributed by atoms with van der Waals surface area (Å²) in [5.74, 6) is 0. The quantitative estimate of drug-likeness (QED) is 0.616. The Morgan fingerprint density at radius 1 is 1.18 bits per heavy atom. The predicted molar refractivity (Wildman–Crippen MR) is 74.0 cm³/mol. The zero-order chi connectivity index (χ0) is 12.7. The van der Waals surface area contributed by atoms with Gasteiger partial charge in [0, 0.05) is 11.1 Å². The SMILES string of the molecule is CCCCC(CCN)[Si](O)(O)C1CCCCC1. The lowest BCUT2D eigenvalue weighted by atomic mass is 10.0. The molecule has 0 radical (unpaired) electrons. The van der Waals surface area contributed by atoms with Crippen LogP contribution in [0.2, 0.25) is 11.1 Å². The van der Waals surface area contributed by atoms with Crippen LogP contribution in [-0.2, 0) is 0 Å². The van der Waals surface area contributed by atoms with Crippen LogP contribution in [0.4, 0.5) is 0 Å². The van der Waals surface area contributed by atoms with Crippen LogP contribution < -0.4 is 5.73 Å². The highest BCUT2D eigenvalue weighted by molar-refractivity contribution is 6.67. The van der Waals surface area contributed by atoms with Crippen LogP contribution in [-0.4, -0.2) is 24.7 Å². The molecule has 4 N–H and O–H groups in total. The van der Waals surface area contributed by atoms with Crippen LogP contribution in [0.3, 0.4) is 0 Å². The number of hydrogen-bond donors (Lipinski definition) is 3. The smallest absolute Gasteiger partial charge is 0.339 e. The van der Waals surface area contributed by atoms with Gasteiger partial charge in [-0.1, -0.05) is 39.0 Å². The van der Waals surface area contributed by atoms with Crippen molar-refractivity contribution < 1.29 is 9.59 Å². The Morgan fingerprint density at radius 2 is 1.82 bits per heavy atom. The molecule has 102 valence electrons. The first-order valence-corrected chi connectivity index (χ1v) is 9.32. The average molecular weight is 259 g/mol. The third-order valence-corrected chi connectivity index (χ3v) is 7.79. The fraction of sp³-hybridized carbons (Fsp3) is 1.00. The molecular formula is C13H29NO2Si. The van der Waals surface area contributed by atoms with Gasteiger partial charge in [0.2, 0.25) is 0 Å². The molecule has 0 aliphatic heterocycles. The Hall–Kier alpha value is 0.0969. The highest BCUT2D eigenvalue weighted by atomic mass is 28.4. The van der Waals surface area contributed by atoms with Gasteiger partial charge in [-0.25, -0.2) is 0 Å². The van der Waals surface area contributed by atoms with Crippen LogP contribution in [0.15, 0.2) is 0 Å². The maximum Gasteiger partial charge on any atom is 0.339 e. The summed E-state index contributed by atoms with van der Waals surface area (Å²) < 4.78 is 0. The monoisotopic (exact) mass is 259 g/mol. The van der Waals surface area contributed by atoms with Gasteiger partial charge in [-0.2, -0.15) is 0 Å². The molecule has 1 aliphatic rings. The molecule has 1 atom stereocenters. The molecule has 0 saturated heterocycles. The van der Waals surface area contributed by atoms with Gasteiger partial charge < -0.3 is 15.3 Å². The molecule has 1 aliphatic carbocycles. The van der Waals surface area contributed by atoms with Gasteiger partial charge in [0.05, 0.1) is 0 Å². The first-order chi connectivity index (χ1) is 8.12. The molecule has 0 heterocycles. The van der Waals surface area contributed by atoms with Gasteiger partial charge in [-0.15, -0.1) is 0 Å². The van der Waals surface area contributed by atoms with Crippen molar-refractivity contribution in [1.29, 1.82) is 0 Å². The molecule has 1 unspecified atom stereocenters. The second-order valence-corrected chi connectivity index (χ2v) is 8.73. The molecule has 0 aromatic heterocycles. The van der Waals surface area contributed by atoms with Gasteiger partial charge in [0.1, 0.15) is 0 Å². The molecule has 1 fully saturated rings. The van der Waals surface area contributed by atoms with E-state index in [1.54, 1.807) is 0 Å². The largest absolute Gasteiger partial charge is 0.410 e. The summed E-state index contributed by atoms with van der Waals surface area (Å²) in [5, 5.41) is 0. The second kappa shape index (κ2) is 7.51. The van der Waals surface area contributed by atoms with E-state index in [1.807, 2.05) is 0 Å². The lowest BCUT2D eigenvalue weighted by Crippen LogP contribution is -2.47. The van der Waals surface area contributed by atoms with E-state index in [4.69, 9.17) is 5.73 Å². The van der Waals surface area contributed by atoms with Crippen LogP contribution in [0.25, 0.3) is 0 Å². The first kappa shape index (κ1) is 15.2. The van der Waals surface area contributed by atoms with Crippen LogP contribution in [0.1, 0.15) is 64.7 Å². The Labute approximate surface area is 107 Å². The lowest BCUT2D eigenvalue weighted by molar-refractivity contribution is 0.283. The number of hydrogen-bond acceptors (Lipinski definition) is 3. The molecule has 3 nitrogen and oxygen atoms in total. The van der Waals surface area contributed by atoms with Gasteiger partial charge in [0.25, 0.3) is 0 Å². The van der Waals surface area contributed by atoms with Crippen molar-refractivity contribution in [1.82, 2.24) is 0 Å². The molecule has 1 saturated carbocycles. The maximum atomic E-state index is 10.6. The summed E-state index contributed by atoms with van der Waals surface area (Å²) >= 11 is 0. The fourth-order valence-electron chi connectivity index (χ4n) is 3.08. The predicted octanol–water partition coefficient (Wildman–Crippen LogP) is 2.66. The zero-order valence-corrected chi connectivity index (χ0v) is 12.2. The fourth-order valence-corrected chi connectivity index (χ4v) is 6.23. The summed E-state index contributed by atoms with van der Waals surface area (Å²) in [6.45, 7) is 2.73. The van der Waals surface area contributed by atoms with Crippen molar-refractivity contribution in [2.75, 3.05) is 6.54 Å². The average Bonchev–Trinajstić information content (AvgIpc) is 2.35. The van der Waals surface area contributed by atoms with Gasteiger partial charge >= 0.3 is 8.56 Å². The molecule has 4 heteroatoms. The first-order valence-electron chi connectivity index (χ1n) is 7.27. The molecule has 0 aromatic rings. The Balaban J connectivity index is 2.60. The van der Waals surface area contributed by atoms with Crippen molar-refractivity contribution in [2.45, 2.75) is 75.8 Å². The van der Waals surface area contributed by atoms with E-state index >= 15 is 0 Å². The molecular weight excluding hydrogens is 230 g/mol. The molecule has 0 spiro atoms. The highest BCUT2D eigenvalue weighted by Crippen LogP contribution is 2.42. The summed E-state index contributed by atoms with van der Waals surface area (Å²) in [6, 6.07) is 0. The van der Waals surface area contributed by atoms with Crippen molar-refractivity contribution >= 4 is 8.56 Å². The Morgan fingerprint density at radius 3 is 2.35 bits per heavy atom. The van der Waals surface area contributed by atoms with Crippen molar-refractivity contribution in [3.8, 4) is 0 Å². The summed E-state index contributed by atoms with van der Waals surface area (Å²) in [7, 11) is -3.07. The topological polar surface area (TPSA) is 66.5 Å². The van der Waals surface area contributed by atoms with Crippen molar-refractivity contribution in [3.05, 3.63) is 0 Å². The summed E-state index contributed by atoms with van der Waals surface area (Å²) in [5.41, 5.74) is 5.92. The van der Waals surface area contributed by atoms with Crippen LogP contribution >= 0.6 is 0 Å². The Bertz CT molecular complexity index is 206. The summed E-state index contributed by atoms with van der Waals surface area (Å²) in [6.07, 6.45) is 9.59. The molecule has 0 amide bonds. The molecule has 0 aromatic carbocycles. The lowest BCUT2D eigenvalue weighted by Gasteiger charge is -2.36. The van der Waals surface area contributed by atoms with Gasteiger partial charge in [-0.3, -0.25) is 0 Å². The minimum atomic E-state index is -3.07. The highest BCUT2D eigenvalue weighted by Gasteiger charge is 2.45. The number of nitrogens with two attached hydrogens (primary N) is 1. The van der Waals surface area contributed by atoms with E-state index in [2.05, 4.69) is 6.92 Å². The zero-order valence-electron chi connectivity index (χ0n) is 11.2. The van der Waals surface area contributed by atoms with E-state index in [1.165, 1.54) is 19.3 Å².